The molecule has 0 unspecified atom stereocenters. The SMILES string of the molecule is c1ccc(-c2noc3c2CN(C2CCCC2)CC3)cc1. The first kappa shape index (κ1) is 12.2. The Bertz CT molecular complexity index is 584. The summed E-state index contributed by atoms with van der Waals surface area (Å²) >= 11 is 0. The minimum atomic E-state index is 0.779. The van der Waals surface area contributed by atoms with Crippen LogP contribution in [0.25, 0.3) is 11.3 Å². The third-order valence-corrected chi connectivity index (χ3v) is 4.75. The molecule has 2 heterocycles. The molecule has 1 aromatic heterocycles. The van der Waals surface area contributed by atoms with Gasteiger partial charge in [-0.1, -0.05) is 48.3 Å². The number of hydrogen-bond acceptors (Lipinski definition) is 3. The monoisotopic (exact) mass is 268 g/mol. The van der Waals surface area contributed by atoms with E-state index in [9.17, 15) is 0 Å². The van der Waals surface area contributed by atoms with Gasteiger partial charge in [-0.15, -0.1) is 0 Å². The smallest absolute Gasteiger partial charge is 0.143 e. The molecule has 104 valence electrons. The molecule has 0 saturated heterocycles. The minimum Gasteiger partial charge on any atom is -0.360 e. The lowest BCUT2D eigenvalue weighted by molar-refractivity contribution is 0.172. The molecule has 2 aliphatic rings. The molecule has 1 aliphatic carbocycles. The summed E-state index contributed by atoms with van der Waals surface area (Å²) in [5.74, 6) is 1.10. The molecule has 20 heavy (non-hydrogen) atoms. The Morgan fingerprint density at radius 3 is 2.70 bits per heavy atom. The highest BCUT2D eigenvalue weighted by Crippen LogP contribution is 2.33. The van der Waals surface area contributed by atoms with E-state index < -0.39 is 0 Å². The Morgan fingerprint density at radius 2 is 1.90 bits per heavy atom. The number of nitrogens with zero attached hydrogens (tertiary/aromatic N) is 2. The van der Waals surface area contributed by atoms with E-state index >= 15 is 0 Å². The van der Waals surface area contributed by atoms with Crippen molar-refractivity contribution in [1.82, 2.24) is 10.1 Å². The van der Waals surface area contributed by atoms with Crippen LogP contribution in [-0.2, 0) is 13.0 Å². The van der Waals surface area contributed by atoms with E-state index in [-0.39, 0.29) is 0 Å². The van der Waals surface area contributed by atoms with Crippen LogP contribution in [0.3, 0.4) is 0 Å². The second kappa shape index (κ2) is 5.06. The number of fused-ring (bicyclic) bond motifs is 1. The van der Waals surface area contributed by atoms with Crippen molar-refractivity contribution in [3.63, 3.8) is 0 Å². The van der Waals surface area contributed by atoms with Crippen molar-refractivity contribution in [3.05, 3.63) is 41.7 Å². The molecule has 1 saturated carbocycles. The van der Waals surface area contributed by atoms with Crippen LogP contribution in [0.4, 0.5) is 0 Å². The van der Waals surface area contributed by atoms with Gasteiger partial charge in [0.2, 0.25) is 0 Å². The molecule has 1 aromatic carbocycles. The largest absolute Gasteiger partial charge is 0.360 e. The minimum absolute atomic E-state index is 0.779. The summed E-state index contributed by atoms with van der Waals surface area (Å²) < 4.78 is 5.58. The number of rotatable bonds is 2. The number of benzene rings is 1. The van der Waals surface area contributed by atoms with Crippen LogP contribution in [0.15, 0.2) is 34.9 Å². The molecule has 1 aliphatic heterocycles. The van der Waals surface area contributed by atoms with Gasteiger partial charge >= 0.3 is 0 Å². The molecule has 2 aromatic rings. The summed E-state index contributed by atoms with van der Waals surface area (Å²) in [6.07, 6.45) is 6.51. The average Bonchev–Trinajstić information content (AvgIpc) is 3.17. The molecule has 3 heteroatoms. The summed E-state index contributed by atoms with van der Waals surface area (Å²) in [5, 5.41) is 4.33. The Kier molecular flexibility index (Phi) is 3.07. The second-order valence-electron chi connectivity index (χ2n) is 5.96. The summed E-state index contributed by atoms with van der Waals surface area (Å²) in [6.45, 7) is 2.13. The molecule has 0 radical (unpaired) electrons. The van der Waals surface area contributed by atoms with Crippen molar-refractivity contribution >= 4 is 0 Å². The van der Waals surface area contributed by atoms with Gasteiger partial charge in [-0.25, -0.2) is 0 Å². The Hall–Kier alpha value is -1.61. The standard InChI is InChI=1S/C17H20N2O/c1-2-6-13(7-3-1)17-15-12-19(14-8-4-5-9-14)11-10-16(15)20-18-17/h1-3,6-7,14H,4-5,8-12H2. The summed E-state index contributed by atoms with van der Waals surface area (Å²) in [7, 11) is 0. The Labute approximate surface area is 119 Å². The van der Waals surface area contributed by atoms with Gasteiger partial charge in [0, 0.05) is 36.7 Å². The maximum absolute atomic E-state index is 5.58. The van der Waals surface area contributed by atoms with Crippen molar-refractivity contribution < 1.29 is 4.52 Å². The first-order valence-electron chi connectivity index (χ1n) is 7.69. The van der Waals surface area contributed by atoms with Gasteiger partial charge in [0.25, 0.3) is 0 Å². The van der Waals surface area contributed by atoms with Gasteiger partial charge in [-0.05, 0) is 12.8 Å². The van der Waals surface area contributed by atoms with Crippen molar-refractivity contribution in [2.75, 3.05) is 6.54 Å². The predicted molar refractivity (Wildman–Crippen MR) is 78.3 cm³/mol. The summed E-state index contributed by atoms with van der Waals surface area (Å²) in [5.41, 5.74) is 3.53. The van der Waals surface area contributed by atoms with E-state index in [1.54, 1.807) is 0 Å². The predicted octanol–water partition coefficient (Wildman–Crippen LogP) is 3.64. The highest BCUT2D eigenvalue weighted by Gasteiger charge is 2.30. The van der Waals surface area contributed by atoms with Crippen LogP contribution in [0, 0.1) is 0 Å². The third kappa shape index (κ3) is 2.06. The molecular formula is C17H20N2O. The number of aromatic nitrogens is 1. The summed E-state index contributed by atoms with van der Waals surface area (Å²) in [6, 6.07) is 11.2. The van der Waals surface area contributed by atoms with E-state index in [1.165, 1.54) is 36.8 Å². The molecule has 4 rings (SSSR count). The van der Waals surface area contributed by atoms with E-state index in [0.29, 0.717) is 0 Å². The maximum atomic E-state index is 5.58. The van der Waals surface area contributed by atoms with Crippen LogP contribution >= 0.6 is 0 Å². The quantitative estimate of drug-likeness (QED) is 0.832. The maximum Gasteiger partial charge on any atom is 0.143 e. The molecule has 0 spiro atoms. The van der Waals surface area contributed by atoms with Crippen LogP contribution < -0.4 is 0 Å². The first-order chi connectivity index (χ1) is 9.92. The molecule has 3 nitrogen and oxygen atoms in total. The van der Waals surface area contributed by atoms with Crippen LogP contribution in [0.1, 0.15) is 37.0 Å². The Morgan fingerprint density at radius 1 is 1.10 bits per heavy atom. The van der Waals surface area contributed by atoms with Crippen LogP contribution in [-0.4, -0.2) is 22.6 Å². The zero-order chi connectivity index (χ0) is 13.4. The topological polar surface area (TPSA) is 29.3 Å². The molecule has 0 N–H and O–H groups in total. The highest BCUT2D eigenvalue weighted by molar-refractivity contribution is 5.63. The van der Waals surface area contributed by atoms with Gasteiger partial charge in [0.1, 0.15) is 11.5 Å². The molecule has 0 amide bonds. The fraction of sp³-hybridized carbons (Fsp3) is 0.471. The van der Waals surface area contributed by atoms with E-state index in [4.69, 9.17) is 4.52 Å². The van der Waals surface area contributed by atoms with Crippen molar-refractivity contribution in [2.45, 2.75) is 44.7 Å². The molecule has 0 atom stereocenters. The van der Waals surface area contributed by atoms with Crippen molar-refractivity contribution in [3.8, 4) is 11.3 Å². The van der Waals surface area contributed by atoms with E-state index in [2.05, 4.69) is 34.3 Å². The molecular weight excluding hydrogens is 248 g/mol. The van der Waals surface area contributed by atoms with Gasteiger partial charge in [0.05, 0.1) is 0 Å². The van der Waals surface area contributed by atoms with Crippen LogP contribution in [0.5, 0.6) is 0 Å². The first-order valence-corrected chi connectivity index (χ1v) is 7.69. The average molecular weight is 268 g/mol. The van der Waals surface area contributed by atoms with E-state index in [1.807, 2.05) is 6.07 Å². The normalized spacial score (nSPS) is 20.2. The van der Waals surface area contributed by atoms with Gasteiger partial charge in [-0.3, -0.25) is 4.90 Å². The molecule has 0 bridgehead atoms. The van der Waals surface area contributed by atoms with Gasteiger partial charge in [0.15, 0.2) is 0 Å². The summed E-state index contributed by atoms with van der Waals surface area (Å²) in [4.78, 5) is 2.64. The fourth-order valence-electron chi connectivity index (χ4n) is 3.63. The lowest BCUT2D eigenvalue weighted by Crippen LogP contribution is -2.37. The highest BCUT2D eigenvalue weighted by atomic mass is 16.5. The van der Waals surface area contributed by atoms with Crippen molar-refractivity contribution in [1.29, 1.82) is 0 Å². The fourth-order valence-corrected chi connectivity index (χ4v) is 3.63. The number of hydrogen-bond donors (Lipinski definition) is 0. The lowest BCUT2D eigenvalue weighted by Gasteiger charge is -2.31. The van der Waals surface area contributed by atoms with Crippen LogP contribution in [0.2, 0.25) is 0 Å². The van der Waals surface area contributed by atoms with Gasteiger partial charge in [-0.2, -0.15) is 0 Å². The Balaban J connectivity index is 1.64. The zero-order valence-corrected chi connectivity index (χ0v) is 11.7. The van der Waals surface area contributed by atoms with Crippen molar-refractivity contribution in [2.24, 2.45) is 0 Å². The second-order valence-corrected chi connectivity index (χ2v) is 5.96. The molecule has 1 fully saturated rings. The van der Waals surface area contributed by atoms with E-state index in [0.717, 1.165) is 37.0 Å². The van der Waals surface area contributed by atoms with Gasteiger partial charge < -0.3 is 4.52 Å². The lowest BCUT2D eigenvalue weighted by atomic mass is 10.00. The zero-order valence-electron chi connectivity index (χ0n) is 11.7. The third-order valence-electron chi connectivity index (χ3n) is 4.75.